The lowest BCUT2D eigenvalue weighted by Crippen LogP contribution is -2.58. The molecule has 2 unspecified atom stereocenters. The van der Waals surface area contributed by atoms with Crippen molar-refractivity contribution in [3.8, 4) is 0 Å². The van der Waals surface area contributed by atoms with Crippen molar-refractivity contribution in [1.82, 2.24) is 0 Å². The standard InChI is InChI=1S/C8H14O4S/c1-7(2)8(3)11-4-6(12-8)5-13(7,9)10/h6H,4-5H2,1-3H3. The summed E-state index contributed by atoms with van der Waals surface area (Å²) in [6.07, 6.45) is -0.275. The van der Waals surface area contributed by atoms with E-state index >= 15 is 0 Å². The van der Waals surface area contributed by atoms with Gasteiger partial charge in [0, 0.05) is 0 Å². The maximum atomic E-state index is 11.8. The van der Waals surface area contributed by atoms with E-state index in [0.29, 0.717) is 6.61 Å². The molecule has 0 aliphatic carbocycles. The van der Waals surface area contributed by atoms with Crippen LogP contribution in [0.3, 0.4) is 0 Å². The van der Waals surface area contributed by atoms with E-state index < -0.39 is 20.4 Å². The number of hydrogen-bond donors (Lipinski definition) is 0. The van der Waals surface area contributed by atoms with Gasteiger partial charge in [-0.2, -0.15) is 0 Å². The first-order valence-corrected chi connectivity index (χ1v) is 5.98. The van der Waals surface area contributed by atoms with Crippen LogP contribution >= 0.6 is 0 Å². The topological polar surface area (TPSA) is 52.6 Å². The van der Waals surface area contributed by atoms with Gasteiger partial charge in [-0.05, 0) is 20.8 Å². The van der Waals surface area contributed by atoms with Crippen molar-refractivity contribution in [2.75, 3.05) is 12.4 Å². The third kappa shape index (κ3) is 1.01. The molecular weight excluding hydrogens is 192 g/mol. The van der Waals surface area contributed by atoms with E-state index in [-0.39, 0.29) is 11.9 Å². The van der Waals surface area contributed by atoms with Crippen LogP contribution in [-0.2, 0) is 19.3 Å². The van der Waals surface area contributed by atoms with Crippen molar-refractivity contribution in [2.45, 2.75) is 37.4 Å². The summed E-state index contributed by atoms with van der Waals surface area (Å²) in [6, 6.07) is 0. The molecule has 2 rings (SSSR count). The molecule has 2 atom stereocenters. The summed E-state index contributed by atoms with van der Waals surface area (Å²) >= 11 is 0. The molecule has 0 aromatic rings. The van der Waals surface area contributed by atoms with Gasteiger partial charge in [-0.15, -0.1) is 0 Å². The van der Waals surface area contributed by atoms with Gasteiger partial charge in [0.1, 0.15) is 4.75 Å². The van der Waals surface area contributed by atoms with Crippen molar-refractivity contribution < 1.29 is 17.9 Å². The SMILES string of the molecule is CC12OCC(CS(=O)(=O)C1(C)C)O2. The van der Waals surface area contributed by atoms with E-state index in [0.717, 1.165) is 0 Å². The minimum Gasteiger partial charge on any atom is -0.346 e. The Morgan fingerprint density at radius 3 is 2.54 bits per heavy atom. The second kappa shape index (κ2) is 2.27. The van der Waals surface area contributed by atoms with E-state index in [9.17, 15) is 8.42 Å². The molecule has 0 saturated carbocycles. The predicted octanol–water partition coefficient (Wildman–Crippen LogP) is 0.325. The minimum atomic E-state index is -3.11. The molecule has 2 fully saturated rings. The zero-order valence-electron chi connectivity index (χ0n) is 8.03. The fraction of sp³-hybridized carbons (Fsp3) is 1.00. The van der Waals surface area contributed by atoms with Crippen molar-refractivity contribution in [3.63, 3.8) is 0 Å². The molecule has 2 aliphatic rings. The average Bonchev–Trinajstić information content (AvgIpc) is 2.28. The van der Waals surface area contributed by atoms with Crippen LogP contribution in [0, 0.1) is 0 Å². The first-order chi connectivity index (χ1) is 5.79. The largest absolute Gasteiger partial charge is 0.346 e. The summed E-state index contributed by atoms with van der Waals surface area (Å²) in [5, 5.41) is 0. The Kier molecular flexibility index (Phi) is 1.64. The van der Waals surface area contributed by atoms with Gasteiger partial charge in [0.2, 0.25) is 0 Å². The van der Waals surface area contributed by atoms with Gasteiger partial charge >= 0.3 is 0 Å². The van der Waals surface area contributed by atoms with Gasteiger partial charge in [0.15, 0.2) is 15.6 Å². The van der Waals surface area contributed by atoms with Crippen LogP contribution in [0.2, 0.25) is 0 Å². The van der Waals surface area contributed by atoms with Crippen LogP contribution in [0.5, 0.6) is 0 Å². The van der Waals surface area contributed by atoms with Crippen LogP contribution in [0.1, 0.15) is 20.8 Å². The van der Waals surface area contributed by atoms with Crippen LogP contribution in [-0.4, -0.2) is 37.4 Å². The molecule has 0 aromatic heterocycles. The normalized spacial score (nSPS) is 46.2. The summed E-state index contributed by atoms with van der Waals surface area (Å²) in [4.78, 5) is 0. The highest BCUT2D eigenvalue weighted by Gasteiger charge is 2.61. The lowest BCUT2D eigenvalue weighted by atomic mass is 10.0. The van der Waals surface area contributed by atoms with E-state index in [2.05, 4.69) is 0 Å². The summed E-state index contributed by atoms with van der Waals surface area (Å²) in [5.41, 5.74) is 0. The van der Waals surface area contributed by atoms with E-state index in [1.54, 1.807) is 20.8 Å². The van der Waals surface area contributed by atoms with Gasteiger partial charge in [-0.25, -0.2) is 8.42 Å². The van der Waals surface area contributed by atoms with Crippen LogP contribution in [0.15, 0.2) is 0 Å². The Balaban J connectivity index is 2.53. The number of rotatable bonds is 0. The molecule has 0 N–H and O–H groups in total. The maximum Gasteiger partial charge on any atom is 0.185 e. The third-order valence-corrected chi connectivity index (χ3v) is 5.95. The van der Waals surface area contributed by atoms with E-state index in [4.69, 9.17) is 9.47 Å². The van der Waals surface area contributed by atoms with Crippen LogP contribution in [0.25, 0.3) is 0 Å². The molecule has 2 bridgehead atoms. The van der Waals surface area contributed by atoms with Crippen LogP contribution in [0.4, 0.5) is 0 Å². The van der Waals surface area contributed by atoms with E-state index in [1.807, 2.05) is 0 Å². The fourth-order valence-electron chi connectivity index (χ4n) is 1.77. The molecule has 76 valence electrons. The van der Waals surface area contributed by atoms with Gasteiger partial charge in [0.25, 0.3) is 0 Å². The highest BCUT2D eigenvalue weighted by molar-refractivity contribution is 7.92. The molecule has 0 amide bonds. The second-order valence-corrected chi connectivity index (χ2v) is 6.87. The minimum absolute atomic E-state index is 0.0790. The van der Waals surface area contributed by atoms with E-state index in [1.165, 1.54) is 0 Å². The highest BCUT2D eigenvalue weighted by atomic mass is 32.2. The first kappa shape index (κ1) is 9.43. The molecule has 0 radical (unpaired) electrons. The molecule has 2 saturated heterocycles. The molecule has 13 heavy (non-hydrogen) atoms. The molecule has 4 nitrogen and oxygen atoms in total. The average molecular weight is 206 g/mol. The molecule has 0 spiro atoms. The quantitative estimate of drug-likeness (QED) is 0.573. The smallest absolute Gasteiger partial charge is 0.185 e. The maximum absolute atomic E-state index is 11.8. The predicted molar refractivity (Wildman–Crippen MR) is 47.1 cm³/mol. The lowest BCUT2D eigenvalue weighted by molar-refractivity contribution is -0.176. The Morgan fingerprint density at radius 1 is 1.31 bits per heavy atom. The number of sulfone groups is 1. The zero-order chi connectivity index (χ0) is 9.91. The van der Waals surface area contributed by atoms with Gasteiger partial charge in [-0.1, -0.05) is 0 Å². The summed E-state index contributed by atoms with van der Waals surface area (Å²) in [5.74, 6) is -0.885. The number of fused-ring (bicyclic) bond motifs is 2. The number of ether oxygens (including phenoxy) is 2. The van der Waals surface area contributed by atoms with Crippen molar-refractivity contribution >= 4 is 9.84 Å². The zero-order valence-corrected chi connectivity index (χ0v) is 8.85. The Hall–Kier alpha value is -0.130. The van der Waals surface area contributed by atoms with Crippen molar-refractivity contribution in [2.24, 2.45) is 0 Å². The van der Waals surface area contributed by atoms with Crippen molar-refractivity contribution in [3.05, 3.63) is 0 Å². The molecular formula is C8H14O4S. The van der Waals surface area contributed by atoms with Crippen LogP contribution < -0.4 is 0 Å². The lowest BCUT2D eigenvalue weighted by Gasteiger charge is -2.41. The van der Waals surface area contributed by atoms with Gasteiger partial charge < -0.3 is 9.47 Å². The van der Waals surface area contributed by atoms with Crippen molar-refractivity contribution in [1.29, 1.82) is 0 Å². The third-order valence-electron chi connectivity index (χ3n) is 3.21. The summed E-state index contributed by atoms with van der Waals surface area (Å²) < 4.78 is 33.6. The molecule has 0 aromatic carbocycles. The summed E-state index contributed by atoms with van der Waals surface area (Å²) in [7, 11) is -3.11. The Bertz CT molecular complexity index is 332. The molecule has 2 heterocycles. The Labute approximate surface area is 78.1 Å². The number of hydrogen-bond acceptors (Lipinski definition) is 4. The molecule has 5 heteroatoms. The molecule has 2 aliphatic heterocycles. The second-order valence-electron chi connectivity index (χ2n) is 4.29. The Morgan fingerprint density at radius 2 is 1.92 bits per heavy atom. The summed E-state index contributed by atoms with van der Waals surface area (Å²) in [6.45, 7) is 5.40. The first-order valence-electron chi connectivity index (χ1n) is 4.33. The van der Waals surface area contributed by atoms with Gasteiger partial charge in [-0.3, -0.25) is 0 Å². The fourth-order valence-corrected chi connectivity index (χ4v) is 3.51. The monoisotopic (exact) mass is 206 g/mol. The highest BCUT2D eigenvalue weighted by Crippen LogP contribution is 2.44. The van der Waals surface area contributed by atoms with Gasteiger partial charge in [0.05, 0.1) is 18.5 Å².